The second kappa shape index (κ2) is 2.62. The lowest BCUT2D eigenvalue weighted by Crippen LogP contribution is -2.31. The van der Waals surface area contributed by atoms with Crippen molar-refractivity contribution in [2.24, 2.45) is 0 Å². The predicted octanol–water partition coefficient (Wildman–Crippen LogP) is 0.614. The standard InChI is InChI=1S/C8H14N2/c1-2-7(3-1)9-5-4-8-6-10-8/h4-5,7-10H,1-3,6H2/b5-4-/t8-/m1/s1. The molecule has 2 rings (SSSR count). The highest BCUT2D eigenvalue weighted by atomic mass is 15.1. The number of nitrogens with one attached hydrogen (secondary N) is 2. The van der Waals surface area contributed by atoms with Crippen LogP contribution in [0.25, 0.3) is 0 Å². The Bertz CT molecular complexity index is 134. The van der Waals surface area contributed by atoms with Crippen LogP contribution in [0.3, 0.4) is 0 Å². The summed E-state index contributed by atoms with van der Waals surface area (Å²) in [7, 11) is 0. The highest BCUT2D eigenvalue weighted by Gasteiger charge is 2.17. The van der Waals surface area contributed by atoms with Crippen LogP contribution in [-0.2, 0) is 0 Å². The van der Waals surface area contributed by atoms with Gasteiger partial charge < -0.3 is 10.6 Å². The van der Waals surface area contributed by atoms with Crippen LogP contribution in [0.4, 0.5) is 0 Å². The molecule has 2 aliphatic rings. The molecule has 0 radical (unpaired) electrons. The van der Waals surface area contributed by atoms with E-state index in [4.69, 9.17) is 0 Å². The molecule has 1 saturated heterocycles. The summed E-state index contributed by atoms with van der Waals surface area (Å²) in [5.74, 6) is 0. The van der Waals surface area contributed by atoms with Crippen LogP contribution < -0.4 is 10.6 Å². The summed E-state index contributed by atoms with van der Waals surface area (Å²) < 4.78 is 0. The minimum Gasteiger partial charge on any atom is -0.388 e. The molecule has 2 N–H and O–H groups in total. The average Bonchev–Trinajstić information content (AvgIpc) is 2.58. The van der Waals surface area contributed by atoms with Crippen molar-refractivity contribution < 1.29 is 0 Å². The molecule has 1 saturated carbocycles. The van der Waals surface area contributed by atoms with Crippen LogP contribution in [0.15, 0.2) is 12.3 Å². The van der Waals surface area contributed by atoms with Gasteiger partial charge in [0.05, 0.1) is 0 Å². The number of rotatable bonds is 3. The SMILES string of the molecule is C(=C/[C@@H]1CN1)/NC1CCC1. The minimum atomic E-state index is 0.674. The molecular weight excluding hydrogens is 124 g/mol. The molecule has 0 amide bonds. The van der Waals surface area contributed by atoms with E-state index in [0.29, 0.717) is 6.04 Å². The van der Waals surface area contributed by atoms with Gasteiger partial charge in [-0.15, -0.1) is 0 Å². The largest absolute Gasteiger partial charge is 0.388 e. The molecular formula is C8H14N2. The minimum absolute atomic E-state index is 0.674. The summed E-state index contributed by atoms with van der Waals surface area (Å²) in [6.07, 6.45) is 8.45. The smallest absolute Gasteiger partial charge is 0.0393 e. The fraction of sp³-hybridized carbons (Fsp3) is 0.750. The van der Waals surface area contributed by atoms with Gasteiger partial charge in [-0.1, -0.05) is 6.08 Å². The molecule has 0 unspecified atom stereocenters. The molecule has 2 heteroatoms. The summed E-state index contributed by atoms with van der Waals surface area (Å²) in [6, 6.07) is 1.46. The van der Waals surface area contributed by atoms with E-state index in [1.54, 1.807) is 0 Å². The van der Waals surface area contributed by atoms with Crippen molar-refractivity contribution in [1.82, 2.24) is 10.6 Å². The van der Waals surface area contributed by atoms with Crippen LogP contribution in [0, 0.1) is 0 Å². The summed E-state index contributed by atoms with van der Waals surface area (Å²) >= 11 is 0. The van der Waals surface area contributed by atoms with Crippen molar-refractivity contribution in [3.63, 3.8) is 0 Å². The first-order chi connectivity index (χ1) is 4.95. The van der Waals surface area contributed by atoms with Gasteiger partial charge in [0.15, 0.2) is 0 Å². The van der Waals surface area contributed by atoms with Crippen LogP contribution in [0.2, 0.25) is 0 Å². The maximum Gasteiger partial charge on any atom is 0.0393 e. The van der Waals surface area contributed by atoms with E-state index < -0.39 is 0 Å². The lowest BCUT2D eigenvalue weighted by Gasteiger charge is -2.25. The van der Waals surface area contributed by atoms with Gasteiger partial charge in [-0.05, 0) is 25.5 Å². The first-order valence-corrected chi connectivity index (χ1v) is 4.11. The highest BCUT2D eigenvalue weighted by Crippen LogP contribution is 2.17. The lowest BCUT2D eigenvalue weighted by molar-refractivity contribution is 0.373. The van der Waals surface area contributed by atoms with Gasteiger partial charge >= 0.3 is 0 Å². The van der Waals surface area contributed by atoms with E-state index in [0.717, 1.165) is 6.04 Å². The predicted molar refractivity (Wildman–Crippen MR) is 41.7 cm³/mol. The zero-order valence-corrected chi connectivity index (χ0v) is 6.14. The molecule has 1 atom stereocenters. The molecule has 0 aromatic rings. The second-order valence-corrected chi connectivity index (χ2v) is 3.17. The molecule has 56 valence electrons. The van der Waals surface area contributed by atoms with Crippen molar-refractivity contribution in [1.29, 1.82) is 0 Å². The van der Waals surface area contributed by atoms with Gasteiger partial charge in [0.25, 0.3) is 0 Å². The number of hydrogen-bond donors (Lipinski definition) is 2. The van der Waals surface area contributed by atoms with Crippen LogP contribution in [0.5, 0.6) is 0 Å². The van der Waals surface area contributed by atoms with Crippen molar-refractivity contribution >= 4 is 0 Å². The first kappa shape index (κ1) is 6.23. The van der Waals surface area contributed by atoms with E-state index in [-0.39, 0.29) is 0 Å². The van der Waals surface area contributed by atoms with Crippen molar-refractivity contribution in [2.45, 2.75) is 31.3 Å². The Morgan fingerprint density at radius 3 is 2.70 bits per heavy atom. The van der Waals surface area contributed by atoms with Crippen molar-refractivity contribution in [3.05, 3.63) is 12.3 Å². The van der Waals surface area contributed by atoms with Gasteiger partial charge in [0.2, 0.25) is 0 Å². The molecule has 2 fully saturated rings. The van der Waals surface area contributed by atoms with Crippen LogP contribution >= 0.6 is 0 Å². The Kier molecular flexibility index (Phi) is 1.63. The Morgan fingerprint density at radius 1 is 1.40 bits per heavy atom. The highest BCUT2D eigenvalue weighted by molar-refractivity contribution is 5.03. The third-order valence-corrected chi connectivity index (χ3v) is 2.21. The van der Waals surface area contributed by atoms with E-state index in [1.807, 2.05) is 0 Å². The summed E-state index contributed by atoms with van der Waals surface area (Å²) in [5.41, 5.74) is 0. The van der Waals surface area contributed by atoms with Crippen molar-refractivity contribution in [3.8, 4) is 0 Å². The molecule has 1 aliphatic carbocycles. The van der Waals surface area contributed by atoms with Crippen LogP contribution in [-0.4, -0.2) is 18.6 Å². The fourth-order valence-electron chi connectivity index (χ4n) is 1.09. The molecule has 0 spiro atoms. The second-order valence-electron chi connectivity index (χ2n) is 3.17. The Hall–Kier alpha value is -0.500. The molecule has 0 bridgehead atoms. The van der Waals surface area contributed by atoms with Crippen molar-refractivity contribution in [2.75, 3.05) is 6.54 Å². The summed E-state index contributed by atoms with van der Waals surface area (Å²) in [6.45, 7) is 1.17. The molecule has 10 heavy (non-hydrogen) atoms. The molecule has 1 heterocycles. The normalized spacial score (nSPS) is 32.2. The maximum absolute atomic E-state index is 3.37. The Balaban J connectivity index is 1.60. The first-order valence-electron chi connectivity index (χ1n) is 4.11. The Labute approximate surface area is 61.7 Å². The zero-order chi connectivity index (χ0) is 6.81. The van der Waals surface area contributed by atoms with E-state index in [1.165, 1.54) is 25.8 Å². The van der Waals surface area contributed by atoms with Gasteiger partial charge in [-0.25, -0.2) is 0 Å². The average molecular weight is 138 g/mol. The quantitative estimate of drug-likeness (QED) is 0.560. The zero-order valence-electron chi connectivity index (χ0n) is 6.14. The van der Waals surface area contributed by atoms with Gasteiger partial charge in [-0.2, -0.15) is 0 Å². The summed E-state index contributed by atoms with van der Waals surface area (Å²) in [4.78, 5) is 0. The molecule has 0 aromatic carbocycles. The van der Waals surface area contributed by atoms with Gasteiger partial charge in [0, 0.05) is 18.6 Å². The van der Waals surface area contributed by atoms with E-state index >= 15 is 0 Å². The monoisotopic (exact) mass is 138 g/mol. The topological polar surface area (TPSA) is 34.0 Å². The summed E-state index contributed by atoms with van der Waals surface area (Å²) in [5, 5.41) is 6.59. The molecule has 1 aliphatic heterocycles. The lowest BCUT2D eigenvalue weighted by atomic mass is 9.93. The van der Waals surface area contributed by atoms with Gasteiger partial charge in [0.1, 0.15) is 0 Å². The van der Waals surface area contributed by atoms with Gasteiger partial charge in [-0.3, -0.25) is 0 Å². The molecule has 2 nitrogen and oxygen atoms in total. The Morgan fingerprint density at radius 2 is 2.20 bits per heavy atom. The third-order valence-electron chi connectivity index (χ3n) is 2.21. The fourth-order valence-corrected chi connectivity index (χ4v) is 1.09. The van der Waals surface area contributed by atoms with E-state index in [9.17, 15) is 0 Å². The van der Waals surface area contributed by atoms with Crippen LogP contribution in [0.1, 0.15) is 19.3 Å². The molecule has 0 aromatic heterocycles. The van der Waals surface area contributed by atoms with E-state index in [2.05, 4.69) is 22.9 Å². The maximum atomic E-state index is 3.37. The third kappa shape index (κ3) is 1.51. The number of hydrogen-bond acceptors (Lipinski definition) is 2.